The summed E-state index contributed by atoms with van der Waals surface area (Å²) < 4.78 is 12.4. The average Bonchev–Trinajstić information content (AvgIpc) is 3.02. The van der Waals surface area contributed by atoms with Crippen molar-refractivity contribution in [3.05, 3.63) is 29.6 Å². The maximum atomic E-state index is 9.19. The number of aromatic nitrogens is 3. The van der Waals surface area contributed by atoms with E-state index in [4.69, 9.17) is 9.47 Å². The first-order valence-corrected chi connectivity index (χ1v) is 6.62. The van der Waals surface area contributed by atoms with Gasteiger partial charge in [0.25, 0.3) is 0 Å². The van der Waals surface area contributed by atoms with Gasteiger partial charge in [-0.2, -0.15) is 5.26 Å². The summed E-state index contributed by atoms with van der Waals surface area (Å²) in [4.78, 5) is 0. The van der Waals surface area contributed by atoms with Crippen LogP contribution in [0.1, 0.15) is 36.6 Å². The Morgan fingerprint density at radius 1 is 1.25 bits per heavy atom. The van der Waals surface area contributed by atoms with Crippen LogP contribution in [0.3, 0.4) is 0 Å². The highest BCUT2D eigenvalue weighted by Gasteiger charge is 2.28. The SMILES string of the molecule is N#Cc1nnn(-c2ccc3c(c2)OCO3)c1C1CCC1. The van der Waals surface area contributed by atoms with E-state index in [0.29, 0.717) is 17.4 Å². The minimum atomic E-state index is 0.245. The van der Waals surface area contributed by atoms with E-state index in [1.807, 2.05) is 18.2 Å². The van der Waals surface area contributed by atoms with Gasteiger partial charge in [0.2, 0.25) is 6.79 Å². The molecule has 4 rings (SSSR count). The van der Waals surface area contributed by atoms with Crippen molar-refractivity contribution in [3.8, 4) is 23.3 Å². The van der Waals surface area contributed by atoms with Gasteiger partial charge < -0.3 is 9.47 Å². The first-order valence-electron chi connectivity index (χ1n) is 6.62. The summed E-state index contributed by atoms with van der Waals surface area (Å²) in [7, 11) is 0. The van der Waals surface area contributed by atoms with Crippen molar-refractivity contribution >= 4 is 0 Å². The first kappa shape index (κ1) is 11.3. The Bertz CT molecular complexity index is 712. The number of fused-ring (bicyclic) bond motifs is 1. The molecular formula is C14H12N4O2. The van der Waals surface area contributed by atoms with Crippen molar-refractivity contribution in [1.82, 2.24) is 15.0 Å². The molecule has 1 aromatic carbocycles. The molecule has 0 saturated heterocycles. The van der Waals surface area contributed by atoms with Gasteiger partial charge in [0.15, 0.2) is 17.2 Å². The van der Waals surface area contributed by atoms with Crippen molar-refractivity contribution in [2.75, 3.05) is 6.79 Å². The lowest BCUT2D eigenvalue weighted by atomic mass is 9.82. The van der Waals surface area contributed by atoms with Gasteiger partial charge in [-0.3, -0.25) is 0 Å². The predicted molar refractivity (Wildman–Crippen MR) is 68.8 cm³/mol. The maximum absolute atomic E-state index is 9.19. The number of rotatable bonds is 2. The largest absolute Gasteiger partial charge is 0.454 e. The monoisotopic (exact) mass is 268 g/mol. The molecule has 6 nitrogen and oxygen atoms in total. The minimum Gasteiger partial charge on any atom is -0.454 e. The summed E-state index contributed by atoms with van der Waals surface area (Å²) >= 11 is 0. The lowest BCUT2D eigenvalue weighted by Crippen LogP contribution is -2.15. The van der Waals surface area contributed by atoms with Crippen LogP contribution >= 0.6 is 0 Å². The van der Waals surface area contributed by atoms with Gasteiger partial charge in [0.1, 0.15) is 6.07 Å². The number of nitriles is 1. The smallest absolute Gasteiger partial charge is 0.231 e. The van der Waals surface area contributed by atoms with Crippen LogP contribution < -0.4 is 9.47 Å². The molecule has 0 N–H and O–H groups in total. The van der Waals surface area contributed by atoms with Gasteiger partial charge in [-0.25, -0.2) is 4.68 Å². The molecule has 6 heteroatoms. The third-order valence-electron chi connectivity index (χ3n) is 3.90. The van der Waals surface area contributed by atoms with Crippen LogP contribution in [-0.4, -0.2) is 21.8 Å². The Morgan fingerprint density at radius 2 is 2.10 bits per heavy atom. The van der Waals surface area contributed by atoms with Crippen LogP contribution in [-0.2, 0) is 0 Å². The molecule has 2 aromatic rings. The molecule has 2 heterocycles. The summed E-state index contributed by atoms with van der Waals surface area (Å²) in [6, 6.07) is 7.78. The van der Waals surface area contributed by atoms with E-state index < -0.39 is 0 Å². The molecule has 1 saturated carbocycles. The van der Waals surface area contributed by atoms with Gasteiger partial charge in [0, 0.05) is 12.0 Å². The number of hydrogen-bond donors (Lipinski definition) is 0. The fourth-order valence-electron chi connectivity index (χ4n) is 2.62. The standard InChI is InChI=1S/C14H12N4O2/c15-7-11-14(9-2-1-3-9)18(17-16-11)10-4-5-12-13(6-10)20-8-19-12/h4-6,9H,1-3,8H2. The van der Waals surface area contributed by atoms with Gasteiger partial charge in [-0.15, -0.1) is 5.10 Å². The van der Waals surface area contributed by atoms with E-state index in [9.17, 15) is 5.26 Å². The zero-order valence-corrected chi connectivity index (χ0v) is 10.7. The Balaban J connectivity index is 1.82. The van der Waals surface area contributed by atoms with Gasteiger partial charge in [0.05, 0.1) is 11.4 Å². The van der Waals surface area contributed by atoms with E-state index in [1.165, 1.54) is 6.42 Å². The highest BCUT2D eigenvalue weighted by molar-refractivity contribution is 5.51. The summed E-state index contributed by atoms with van der Waals surface area (Å²) in [6.07, 6.45) is 3.38. The molecule has 1 aliphatic carbocycles. The normalized spacial score (nSPS) is 16.8. The fourth-order valence-corrected chi connectivity index (χ4v) is 2.62. The van der Waals surface area contributed by atoms with E-state index in [1.54, 1.807) is 4.68 Å². The Labute approximate surface area is 115 Å². The van der Waals surface area contributed by atoms with Gasteiger partial charge in [-0.05, 0) is 25.0 Å². The fraction of sp³-hybridized carbons (Fsp3) is 0.357. The molecule has 20 heavy (non-hydrogen) atoms. The molecular weight excluding hydrogens is 256 g/mol. The Hall–Kier alpha value is -2.55. The topological polar surface area (TPSA) is 73.0 Å². The van der Waals surface area contributed by atoms with Crippen molar-refractivity contribution in [1.29, 1.82) is 5.26 Å². The minimum absolute atomic E-state index is 0.245. The first-order chi connectivity index (χ1) is 9.86. The van der Waals surface area contributed by atoms with Crippen molar-refractivity contribution in [2.45, 2.75) is 25.2 Å². The zero-order chi connectivity index (χ0) is 13.5. The molecule has 0 unspecified atom stereocenters. The second kappa shape index (κ2) is 4.23. The van der Waals surface area contributed by atoms with E-state index in [2.05, 4.69) is 16.4 Å². The van der Waals surface area contributed by atoms with Crippen LogP contribution in [0.4, 0.5) is 0 Å². The lowest BCUT2D eigenvalue weighted by molar-refractivity contribution is 0.174. The summed E-state index contributed by atoms with van der Waals surface area (Å²) in [6.45, 7) is 0.245. The van der Waals surface area contributed by atoms with Crippen molar-refractivity contribution in [2.24, 2.45) is 0 Å². The Kier molecular flexibility index (Phi) is 2.39. The average molecular weight is 268 g/mol. The van der Waals surface area contributed by atoms with Crippen molar-refractivity contribution in [3.63, 3.8) is 0 Å². The maximum Gasteiger partial charge on any atom is 0.231 e. The van der Waals surface area contributed by atoms with Gasteiger partial charge >= 0.3 is 0 Å². The summed E-state index contributed by atoms with van der Waals surface area (Å²) in [5.41, 5.74) is 2.19. The molecule has 1 aromatic heterocycles. The van der Waals surface area contributed by atoms with E-state index >= 15 is 0 Å². The van der Waals surface area contributed by atoms with Crippen LogP contribution in [0.2, 0.25) is 0 Å². The number of hydrogen-bond acceptors (Lipinski definition) is 5. The number of benzene rings is 1. The zero-order valence-electron chi connectivity index (χ0n) is 10.7. The van der Waals surface area contributed by atoms with Crippen LogP contribution in [0.25, 0.3) is 5.69 Å². The molecule has 1 fully saturated rings. The molecule has 0 atom stereocenters. The molecule has 0 bridgehead atoms. The molecule has 1 aliphatic heterocycles. The Morgan fingerprint density at radius 3 is 2.85 bits per heavy atom. The molecule has 0 radical (unpaired) electrons. The number of ether oxygens (including phenoxy) is 2. The summed E-state index contributed by atoms with van der Waals surface area (Å²) in [5, 5.41) is 17.3. The summed E-state index contributed by atoms with van der Waals surface area (Å²) in [5.74, 6) is 1.82. The second-order valence-electron chi connectivity index (χ2n) is 5.01. The quantitative estimate of drug-likeness (QED) is 0.834. The molecule has 2 aliphatic rings. The van der Waals surface area contributed by atoms with Crippen molar-refractivity contribution < 1.29 is 9.47 Å². The molecule has 0 spiro atoms. The lowest BCUT2D eigenvalue weighted by Gasteiger charge is -2.25. The van der Waals surface area contributed by atoms with Crippen LogP contribution in [0, 0.1) is 11.3 Å². The molecule has 100 valence electrons. The van der Waals surface area contributed by atoms with Crippen LogP contribution in [0.5, 0.6) is 11.5 Å². The number of nitrogens with zero attached hydrogens (tertiary/aromatic N) is 4. The third-order valence-corrected chi connectivity index (χ3v) is 3.90. The van der Waals surface area contributed by atoms with E-state index in [-0.39, 0.29) is 6.79 Å². The second-order valence-corrected chi connectivity index (χ2v) is 5.01. The highest BCUT2D eigenvalue weighted by Crippen LogP contribution is 2.39. The predicted octanol–water partition coefficient (Wildman–Crippen LogP) is 2.14. The van der Waals surface area contributed by atoms with E-state index in [0.717, 1.165) is 30.0 Å². The molecule has 0 amide bonds. The third kappa shape index (κ3) is 1.56. The highest BCUT2D eigenvalue weighted by atomic mass is 16.7. The van der Waals surface area contributed by atoms with Gasteiger partial charge in [-0.1, -0.05) is 11.6 Å². The van der Waals surface area contributed by atoms with Crippen LogP contribution in [0.15, 0.2) is 18.2 Å².